The molecule has 1 heterocycles. The highest BCUT2D eigenvalue weighted by molar-refractivity contribution is 6.06. The van der Waals surface area contributed by atoms with Gasteiger partial charge in [0.25, 0.3) is 5.91 Å². The van der Waals surface area contributed by atoms with E-state index in [1.807, 2.05) is 30.3 Å². The van der Waals surface area contributed by atoms with Crippen molar-refractivity contribution in [3.63, 3.8) is 0 Å². The van der Waals surface area contributed by atoms with Crippen LogP contribution >= 0.6 is 0 Å². The SMILES string of the molecule is Cc1c(-c2cccc3ccc(C(=O)N=C(N)N)cc23)ncnc1C1CC1. The summed E-state index contributed by atoms with van der Waals surface area (Å²) in [7, 11) is 0. The molecule has 1 aromatic heterocycles. The zero-order valence-corrected chi connectivity index (χ0v) is 14.4. The summed E-state index contributed by atoms with van der Waals surface area (Å²) in [6, 6.07) is 11.5. The molecule has 6 heteroatoms. The number of carbonyl (C=O) groups is 1. The van der Waals surface area contributed by atoms with E-state index in [0.29, 0.717) is 11.5 Å². The lowest BCUT2D eigenvalue weighted by Crippen LogP contribution is -2.24. The molecule has 0 atom stereocenters. The van der Waals surface area contributed by atoms with Crippen molar-refractivity contribution in [2.24, 2.45) is 16.5 Å². The Hall–Kier alpha value is -3.28. The predicted molar refractivity (Wildman–Crippen MR) is 102 cm³/mol. The Kier molecular flexibility index (Phi) is 3.88. The van der Waals surface area contributed by atoms with Crippen LogP contribution in [0.15, 0.2) is 47.7 Å². The lowest BCUT2D eigenvalue weighted by Gasteiger charge is -2.12. The first-order chi connectivity index (χ1) is 12.5. The molecule has 3 aromatic rings. The van der Waals surface area contributed by atoms with Gasteiger partial charge in [-0.3, -0.25) is 4.79 Å². The fourth-order valence-electron chi connectivity index (χ4n) is 3.30. The highest BCUT2D eigenvalue weighted by Crippen LogP contribution is 2.42. The van der Waals surface area contributed by atoms with Gasteiger partial charge in [0, 0.05) is 17.0 Å². The molecule has 0 unspecified atom stereocenters. The van der Waals surface area contributed by atoms with E-state index in [9.17, 15) is 4.79 Å². The Morgan fingerprint density at radius 3 is 2.69 bits per heavy atom. The molecular formula is C20H19N5O. The molecule has 130 valence electrons. The monoisotopic (exact) mass is 345 g/mol. The van der Waals surface area contributed by atoms with Crippen molar-refractivity contribution in [3.8, 4) is 11.3 Å². The summed E-state index contributed by atoms with van der Waals surface area (Å²) in [6.07, 6.45) is 4.00. The summed E-state index contributed by atoms with van der Waals surface area (Å²) in [6.45, 7) is 2.07. The molecule has 0 radical (unpaired) electrons. The van der Waals surface area contributed by atoms with Gasteiger partial charge < -0.3 is 11.5 Å². The van der Waals surface area contributed by atoms with Crippen LogP contribution in [-0.4, -0.2) is 21.8 Å². The number of nitrogens with two attached hydrogens (primary N) is 2. The Balaban J connectivity index is 1.89. The number of guanidine groups is 1. The number of aromatic nitrogens is 2. The summed E-state index contributed by atoms with van der Waals surface area (Å²) in [4.78, 5) is 24.8. The predicted octanol–water partition coefficient (Wildman–Crippen LogP) is 2.90. The Morgan fingerprint density at radius 1 is 1.15 bits per heavy atom. The number of benzene rings is 2. The molecule has 0 saturated heterocycles. The summed E-state index contributed by atoms with van der Waals surface area (Å²) in [5, 5.41) is 1.96. The molecule has 26 heavy (non-hydrogen) atoms. The number of rotatable bonds is 3. The van der Waals surface area contributed by atoms with E-state index in [0.717, 1.165) is 33.3 Å². The van der Waals surface area contributed by atoms with Gasteiger partial charge in [0.15, 0.2) is 5.96 Å². The van der Waals surface area contributed by atoms with E-state index in [2.05, 4.69) is 21.9 Å². The summed E-state index contributed by atoms with van der Waals surface area (Å²) < 4.78 is 0. The second-order valence-corrected chi connectivity index (χ2v) is 6.59. The Morgan fingerprint density at radius 2 is 1.96 bits per heavy atom. The van der Waals surface area contributed by atoms with E-state index < -0.39 is 5.91 Å². The average molecular weight is 345 g/mol. The van der Waals surface area contributed by atoms with Crippen LogP contribution < -0.4 is 11.5 Å². The van der Waals surface area contributed by atoms with Crippen LogP contribution in [0.3, 0.4) is 0 Å². The van der Waals surface area contributed by atoms with E-state index in [4.69, 9.17) is 11.5 Å². The van der Waals surface area contributed by atoms with Crippen molar-refractivity contribution in [1.82, 2.24) is 9.97 Å². The maximum atomic E-state index is 12.2. The van der Waals surface area contributed by atoms with Crippen LogP contribution in [0, 0.1) is 6.92 Å². The smallest absolute Gasteiger partial charge is 0.280 e. The lowest BCUT2D eigenvalue weighted by atomic mass is 9.96. The number of aliphatic imine (C=N–C) groups is 1. The minimum atomic E-state index is -0.459. The fraction of sp³-hybridized carbons (Fsp3) is 0.200. The Labute approximate surface area is 151 Å². The topological polar surface area (TPSA) is 107 Å². The van der Waals surface area contributed by atoms with Gasteiger partial charge in [0.05, 0.1) is 11.4 Å². The van der Waals surface area contributed by atoms with Gasteiger partial charge in [-0.2, -0.15) is 4.99 Å². The largest absolute Gasteiger partial charge is 0.370 e. The molecular weight excluding hydrogens is 326 g/mol. The van der Waals surface area contributed by atoms with Crippen LogP contribution in [0.4, 0.5) is 0 Å². The zero-order valence-electron chi connectivity index (χ0n) is 14.4. The minimum Gasteiger partial charge on any atom is -0.370 e. The van der Waals surface area contributed by atoms with Gasteiger partial charge in [0.1, 0.15) is 6.33 Å². The van der Waals surface area contributed by atoms with Gasteiger partial charge in [-0.1, -0.05) is 24.3 Å². The van der Waals surface area contributed by atoms with Crippen molar-refractivity contribution in [2.75, 3.05) is 0 Å². The highest BCUT2D eigenvalue weighted by atomic mass is 16.1. The van der Waals surface area contributed by atoms with E-state index >= 15 is 0 Å². The minimum absolute atomic E-state index is 0.246. The van der Waals surface area contributed by atoms with E-state index in [1.54, 1.807) is 12.4 Å². The number of nitrogens with zero attached hydrogens (tertiary/aromatic N) is 3. The summed E-state index contributed by atoms with van der Waals surface area (Å²) in [5.41, 5.74) is 15.2. The standard InChI is InChI=1S/C20H19N5O/c1-11-17(13-6-7-13)23-10-24-18(11)15-4-2-3-12-5-8-14(9-16(12)15)19(26)25-20(21)22/h2-5,8-10,13H,6-7H2,1H3,(H4,21,22,25,26). The second kappa shape index (κ2) is 6.22. The summed E-state index contributed by atoms with van der Waals surface area (Å²) >= 11 is 0. The number of fused-ring (bicyclic) bond motifs is 1. The van der Waals surface area contributed by atoms with Crippen LogP contribution in [-0.2, 0) is 0 Å². The molecule has 4 N–H and O–H groups in total. The molecule has 0 aliphatic heterocycles. The van der Waals surface area contributed by atoms with E-state index in [1.165, 1.54) is 12.8 Å². The van der Waals surface area contributed by atoms with Gasteiger partial charge >= 0.3 is 0 Å². The fourth-order valence-corrected chi connectivity index (χ4v) is 3.30. The molecule has 1 aliphatic carbocycles. The van der Waals surface area contributed by atoms with Gasteiger partial charge in [-0.05, 0) is 48.2 Å². The first-order valence-electron chi connectivity index (χ1n) is 8.53. The molecule has 1 saturated carbocycles. The number of carbonyl (C=O) groups excluding carboxylic acids is 1. The molecule has 4 rings (SSSR count). The van der Waals surface area contributed by atoms with Crippen molar-refractivity contribution in [2.45, 2.75) is 25.7 Å². The molecule has 2 aromatic carbocycles. The lowest BCUT2D eigenvalue weighted by molar-refractivity contribution is 0.100. The van der Waals surface area contributed by atoms with Gasteiger partial charge in [-0.15, -0.1) is 0 Å². The van der Waals surface area contributed by atoms with Gasteiger partial charge in [-0.25, -0.2) is 9.97 Å². The number of hydrogen-bond acceptors (Lipinski definition) is 3. The molecule has 1 aliphatic rings. The highest BCUT2D eigenvalue weighted by Gasteiger charge is 2.28. The van der Waals surface area contributed by atoms with Gasteiger partial charge in [0.2, 0.25) is 0 Å². The Bertz CT molecular complexity index is 1050. The maximum absolute atomic E-state index is 12.2. The van der Waals surface area contributed by atoms with Crippen molar-refractivity contribution in [3.05, 3.63) is 59.5 Å². The quantitative estimate of drug-likeness (QED) is 0.560. The molecule has 6 nitrogen and oxygen atoms in total. The molecule has 1 fully saturated rings. The zero-order chi connectivity index (χ0) is 18.3. The van der Waals surface area contributed by atoms with Crippen molar-refractivity contribution in [1.29, 1.82) is 0 Å². The normalized spacial score (nSPS) is 13.6. The molecule has 0 spiro atoms. The molecule has 1 amide bonds. The first kappa shape index (κ1) is 16.2. The molecule has 0 bridgehead atoms. The maximum Gasteiger partial charge on any atom is 0.280 e. The van der Waals surface area contributed by atoms with Crippen LogP contribution in [0.2, 0.25) is 0 Å². The van der Waals surface area contributed by atoms with E-state index in [-0.39, 0.29) is 5.96 Å². The van der Waals surface area contributed by atoms with Crippen LogP contribution in [0.5, 0.6) is 0 Å². The first-order valence-corrected chi connectivity index (χ1v) is 8.53. The average Bonchev–Trinajstić information content (AvgIpc) is 3.45. The van der Waals surface area contributed by atoms with Crippen molar-refractivity contribution >= 4 is 22.6 Å². The summed E-state index contributed by atoms with van der Waals surface area (Å²) in [5.74, 6) is -0.158. The third kappa shape index (κ3) is 2.90. The number of amides is 1. The van der Waals surface area contributed by atoms with Crippen LogP contribution in [0.1, 0.15) is 40.4 Å². The van der Waals surface area contributed by atoms with Crippen LogP contribution in [0.25, 0.3) is 22.0 Å². The second-order valence-electron chi connectivity index (χ2n) is 6.59. The third-order valence-electron chi connectivity index (χ3n) is 4.70. The number of hydrogen-bond donors (Lipinski definition) is 2. The third-order valence-corrected chi connectivity index (χ3v) is 4.70. The van der Waals surface area contributed by atoms with Crippen molar-refractivity contribution < 1.29 is 4.79 Å².